The Bertz CT molecular complexity index is 978. The molecule has 192 valence electrons. The molecule has 2 atom stereocenters. The number of rotatable bonds is 13. The Labute approximate surface area is 217 Å². The van der Waals surface area contributed by atoms with E-state index < -0.39 is 18.2 Å². The van der Waals surface area contributed by atoms with E-state index in [1.54, 1.807) is 7.11 Å². The molecule has 0 heterocycles. The standard InChI is InChI=1S/C26H33ClO7S/c1-17(28)33-22(13-27)15-32-24-11-8-20(12-25(24)35)26(3,4)19-6-9-21(10-7-19)31-16-23(14-30-5)34-18(2)29/h6-12,22-23,35H,13-16H2,1-5H3. The van der Waals surface area contributed by atoms with Crippen LogP contribution in [-0.4, -0.2) is 57.0 Å². The minimum absolute atomic E-state index is 0.142. The molecule has 0 bridgehead atoms. The van der Waals surface area contributed by atoms with Crippen molar-refractivity contribution in [2.24, 2.45) is 0 Å². The molecule has 2 aromatic carbocycles. The molecule has 7 nitrogen and oxygen atoms in total. The lowest BCUT2D eigenvalue weighted by molar-refractivity contribution is -0.150. The van der Waals surface area contributed by atoms with Crippen molar-refractivity contribution in [3.63, 3.8) is 0 Å². The Hall–Kier alpha value is -2.42. The molecule has 0 N–H and O–H groups in total. The first kappa shape index (κ1) is 28.8. The fraction of sp³-hybridized carbons (Fsp3) is 0.462. The van der Waals surface area contributed by atoms with Gasteiger partial charge in [0.1, 0.15) is 30.8 Å². The molecule has 2 unspecified atom stereocenters. The molecule has 35 heavy (non-hydrogen) atoms. The summed E-state index contributed by atoms with van der Waals surface area (Å²) in [5, 5.41) is 0. The lowest BCUT2D eigenvalue weighted by Crippen LogP contribution is -2.28. The molecule has 0 saturated carbocycles. The largest absolute Gasteiger partial charge is 0.490 e. The highest BCUT2D eigenvalue weighted by molar-refractivity contribution is 7.80. The molecule has 2 rings (SSSR count). The minimum atomic E-state index is -0.530. The van der Waals surface area contributed by atoms with Crippen LogP contribution >= 0.6 is 24.2 Å². The smallest absolute Gasteiger partial charge is 0.303 e. The molecular weight excluding hydrogens is 492 g/mol. The highest BCUT2D eigenvalue weighted by atomic mass is 35.5. The van der Waals surface area contributed by atoms with Gasteiger partial charge in [0.25, 0.3) is 0 Å². The van der Waals surface area contributed by atoms with E-state index in [1.807, 2.05) is 42.5 Å². The molecule has 2 aromatic rings. The summed E-state index contributed by atoms with van der Waals surface area (Å²) >= 11 is 10.4. The van der Waals surface area contributed by atoms with Crippen LogP contribution in [0.1, 0.15) is 38.8 Å². The van der Waals surface area contributed by atoms with Crippen LogP contribution in [0.25, 0.3) is 0 Å². The van der Waals surface area contributed by atoms with E-state index in [2.05, 4.69) is 26.5 Å². The second-order valence-corrected chi connectivity index (χ2v) is 9.32. The monoisotopic (exact) mass is 524 g/mol. The molecule has 0 aliphatic carbocycles. The summed E-state index contributed by atoms with van der Waals surface area (Å²) in [6.07, 6.45) is -1.01. The Morgan fingerprint density at radius 1 is 0.886 bits per heavy atom. The van der Waals surface area contributed by atoms with Gasteiger partial charge in [-0.15, -0.1) is 24.2 Å². The van der Waals surface area contributed by atoms with Gasteiger partial charge in [0.2, 0.25) is 0 Å². The van der Waals surface area contributed by atoms with Crippen LogP contribution in [0.5, 0.6) is 11.5 Å². The third kappa shape index (κ3) is 8.94. The molecule has 0 aliphatic rings. The summed E-state index contributed by atoms with van der Waals surface area (Å²) in [7, 11) is 1.54. The number of carbonyl (C=O) groups is 2. The number of alkyl halides is 1. The molecule has 9 heteroatoms. The van der Waals surface area contributed by atoms with Gasteiger partial charge in [-0.05, 0) is 35.4 Å². The SMILES string of the molecule is COCC(COc1ccc(C(C)(C)c2ccc(OCC(CCl)OC(C)=O)c(S)c2)cc1)OC(C)=O. The van der Waals surface area contributed by atoms with Gasteiger partial charge >= 0.3 is 11.9 Å². The topological polar surface area (TPSA) is 80.3 Å². The molecule has 0 aliphatic heterocycles. The van der Waals surface area contributed by atoms with Gasteiger partial charge in [0.15, 0.2) is 6.10 Å². The molecule has 0 spiro atoms. The maximum absolute atomic E-state index is 11.2. The fourth-order valence-electron chi connectivity index (χ4n) is 3.42. The zero-order chi connectivity index (χ0) is 26.0. The van der Waals surface area contributed by atoms with Crippen LogP contribution in [0.2, 0.25) is 0 Å². The maximum atomic E-state index is 11.2. The number of halogens is 1. The quantitative estimate of drug-likeness (QED) is 0.229. The number of ether oxygens (including phenoxy) is 5. The number of methoxy groups -OCH3 is 1. The number of benzene rings is 2. The van der Waals surface area contributed by atoms with Crippen molar-refractivity contribution < 1.29 is 33.3 Å². The second-order valence-electron chi connectivity index (χ2n) is 8.53. The van der Waals surface area contributed by atoms with Gasteiger partial charge in [0, 0.05) is 31.3 Å². The first-order valence-corrected chi connectivity index (χ1v) is 12.1. The van der Waals surface area contributed by atoms with Crippen LogP contribution in [0, 0.1) is 0 Å². The summed E-state index contributed by atoms with van der Waals surface area (Å²) in [5.74, 6) is 0.604. The summed E-state index contributed by atoms with van der Waals surface area (Å²) in [5.41, 5.74) is 1.81. The van der Waals surface area contributed by atoms with Gasteiger partial charge in [-0.2, -0.15) is 0 Å². The third-order valence-electron chi connectivity index (χ3n) is 5.31. The Morgan fingerprint density at radius 2 is 1.46 bits per heavy atom. The van der Waals surface area contributed by atoms with Gasteiger partial charge in [-0.1, -0.05) is 32.0 Å². The highest BCUT2D eigenvalue weighted by Crippen LogP contribution is 2.36. The van der Waals surface area contributed by atoms with Crippen molar-refractivity contribution in [1.29, 1.82) is 0 Å². The van der Waals surface area contributed by atoms with Crippen molar-refractivity contribution in [2.45, 2.75) is 50.2 Å². The van der Waals surface area contributed by atoms with E-state index in [0.29, 0.717) is 16.4 Å². The van der Waals surface area contributed by atoms with Crippen molar-refractivity contribution in [3.8, 4) is 11.5 Å². The first-order valence-electron chi connectivity index (χ1n) is 11.2. The number of hydrogen-bond donors (Lipinski definition) is 1. The Balaban J connectivity index is 2.06. The van der Waals surface area contributed by atoms with E-state index in [9.17, 15) is 9.59 Å². The number of hydrogen-bond acceptors (Lipinski definition) is 8. The maximum Gasteiger partial charge on any atom is 0.303 e. The van der Waals surface area contributed by atoms with Gasteiger partial charge < -0.3 is 23.7 Å². The van der Waals surface area contributed by atoms with E-state index >= 15 is 0 Å². The van der Waals surface area contributed by atoms with Crippen molar-refractivity contribution in [1.82, 2.24) is 0 Å². The molecule has 0 amide bonds. The van der Waals surface area contributed by atoms with Gasteiger partial charge in [-0.25, -0.2) is 0 Å². The zero-order valence-electron chi connectivity index (χ0n) is 20.7. The van der Waals surface area contributed by atoms with Crippen LogP contribution in [-0.2, 0) is 29.2 Å². The van der Waals surface area contributed by atoms with E-state index in [1.165, 1.54) is 13.8 Å². The van der Waals surface area contributed by atoms with E-state index in [0.717, 1.165) is 11.1 Å². The average Bonchev–Trinajstić information content (AvgIpc) is 2.80. The summed E-state index contributed by atoms with van der Waals surface area (Å²) in [6, 6.07) is 13.6. The first-order chi connectivity index (χ1) is 16.6. The molecule has 0 saturated heterocycles. The van der Waals surface area contributed by atoms with E-state index in [-0.39, 0.29) is 37.1 Å². The second kappa shape index (κ2) is 13.6. The normalized spacial score (nSPS) is 13.0. The number of carbonyl (C=O) groups excluding carboxylic acids is 2. The predicted octanol–water partition coefficient (Wildman–Crippen LogP) is 4.81. The molecule has 0 aromatic heterocycles. The van der Waals surface area contributed by atoms with Crippen LogP contribution in [0.15, 0.2) is 47.4 Å². The van der Waals surface area contributed by atoms with Gasteiger partial charge in [-0.3, -0.25) is 9.59 Å². The Morgan fingerprint density at radius 3 is 2.00 bits per heavy atom. The fourth-order valence-corrected chi connectivity index (χ4v) is 3.85. The molecular formula is C26H33ClO7S. The summed E-state index contributed by atoms with van der Waals surface area (Å²) in [6.45, 7) is 7.52. The Kier molecular flexibility index (Phi) is 11.2. The number of thiol groups is 1. The number of esters is 2. The lowest BCUT2D eigenvalue weighted by atomic mass is 9.78. The van der Waals surface area contributed by atoms with Crippen molar-refractivity contribution >= 4 is 36.2 Å². The zero-order valence-corrected chi connectivity index (χ0v) is 22.4. The third-order valence-corrected chi connectivity index (χ3v) is 6.00. The summed E-state index contributed by atoms with van der Waals surface area (Å²) in [4.78, 5) is 23.0. The van der Waals surface area contributed by atoms with Crippen molar-refractivity contribution in [2.75, 3.05) is 32.8 Å². The summed E-state index contributed by atoms with van der Waals surface area (Å²) < 4.78 is 26.9. The predicted molar refractivity (Wildman–Crippen MR) is 137 cm³/mol. The highest BCUT2D eigenvalue weighted by Gasteiger charge is 2.24. The average molecular weight is 525 g/mol. The minimum Gasteiger partial charge on any atom is -0.490 e. The lowest BCUT2D eigenvalue weighted by Gasteiger charge is -2.27. The molecule has 0 fully saturated rings. The van der Waals surface area contributed by atoms with Gasteiger partial charge in [0.05, 0.1) is 12.5 Å². The van der Waals surface area contributed by atoms with E-state index in [4.69, 9.17) is 35.3 Å². The van der Waals surface area contributed by atoms with Crippen molar-refractivity contribution in [3.05, 3.63) is 53.6 Å². The van der Waals surface area contributed by atoms with Crippen LogP contribution in [0.3, 0.4) is 0 Å². The molecule has 0 radical (unpaired) electrons. The van der Waals surface area contributed by atoms with Crippen LogP contribution < -0.4 is 9.47 Å². The van der Waals surface area contributed by atoms with Crippen LogP contribution in [0.4, 0.5) is 0 Å².